The van der Waals surface area contributed by atoms with E-state index in [4.69, 9.17) is 14.2 Å². The van der Waals surface area contributed by atoms with Gasteiger partial charge < -0.3 is 19.1 Å². The van der Waals surface area contributed by atoms with E-state index in [1.807, 2.05) is 13.0 Å². The van der Waals surface area contributed by atoms with E-state index in [0.29, 0.717) is 29.6 Å². The van der Waals surface area contributed by atoms with Crippen LogP contribution in [0.5, 0.6) is 23.5 Å². The maximum absolute atomic E-state index is 12.8. The Labute approximate surface area is 162 Å². The molecule has 3 rings (SSSR count). The molecule has 8 heteroatoms. The number of methoxy groups -OCH3 is 2. The molecule has 1 amide bonds. The predicted octanol–water partition coefficient (Wildman–Crippen LogP) is 3.35. The second-order valence-corrected chi connectivity index (χ2v) is 5.62. The molecule has 0 N–H and O–H groups in total. The molecular weight excluding hydrogens is 360 g/mol. The summed E-state index contributed by atoms with van der Waals surface area (Å²) in [6.45, 7) is 2.44. The summed E-state index contributed by atoms with van der Waals surface area (Å²) >= 11 is 0. The van der Waals surface area contributed by atoms with E-state index >= 15 is 0 Å². The molecule has 0 radical (unpaired) electrons. The van der Waals surface area contributed by atoms with Crippen LogP contribution in [0.2, 0.25) is 0 Å². The number of aromatic nitrogens is 3. The van der Waals surface area contributed by atoms with E-state index in [9.17, 15) is 4.79 Å². The van der Waals surface area contributed by atoms with Crippen LogP contribution < -0.4 is 19.1 Å². The highest BCUT2D eigenvalue weighted by atomic mass is 16.5. The van der Waals surface area contributed by atoms with Crippen LogP contribution in [0.15, 0.2) is 54.9 Å². The van der Waals surface area contributed by atoms with Crippen molar-refractivity contribution in [1.82, 2.24) is 15.0 Å². The minimum atomic E-state index is -0.124. The molecule has 0 aliphatic heterocycles. The van der Waals surface area contributed by atoms with Crippen LogP contribution in [0.25, 0.3) is 0 Å². The van der Waals surface area contributed by atoms with E-state index in [2.05, 4.69) is 15.0 Å². The lowest BCUT2D eigenvalue weighted by atomic mass is 10.2. The fourth-order valence-electron chi connectivity index (χ4n) is 2.52. The monoisotopic (exact) mass is 380 g/mol. The lowest BCUT2D eigenvalue weighted by molar-refractivity contribution is 0.0988. The molecule has 0 aliphatic carbocycles. The molecule has 0 saturated heterocycles. The molecule has 28 heavy (non-hydrogen) atoms. The fourth-order valence-corrected chi connectivity index (χ4v) is 2.52. The van der Waals surface area contributed by atoms with Crippen molar-refractivity contribution in [1.29, 1.82) is 0 Å². The smallest absolute Gasteiger partial charge is 0.328 e. The molecule has 0 aliphatic rings. The molecule has 0 spiro atoms. The van der Waals surface area contributed by atoms with Crippen molar-refractivity contribution in [3.63, 3.8) is 0 Å². The largest absolute Gasteiger partial charge is 0.481 e. The van der Waals surface area contributed by atoms with Gasteiger partial charge >= 0.3 is 6.01 Å². The Kier molecular flexibility index (Phi) is 6.01. The first-order valence-corrected chi connectivity index (χ1v) is 8.61. The molecule has 0 saturated carbocycles. The lowest BCUT2D eigenvalue weighted by Crippen LogP contribution is -2.30. The van der Waals surface area contributed by atoms with Crippen molar-refractivity contribution in [2.45, 2.75) is 6.92 Å². The number of nitrogens with zero attached hydrogens (tertiary/aromatic N) is 4. The first-order chi connectivity index (χ1) is 13.6. The number of ether oxygens (including phenoxy) is 3. The van der Waals surface area contributed by atoms with Gasteiger partial charge in [0.15, 0.2) is 0 Å². The van der Waals surface area contributed by atoms with Crippen molar-refractivity contribution in [2.75, 3.05) is 25.7 Å². The quantitative estimate of drug-likeness (QED) is 0.621. The molecule has 0 fully saturated rings. The third-order valence-electron chi connectivity index (χ3n) is 3.91. The first kappa shape index (κ1) is 19.1. The van der Waals surface area contributed by atoms with Gasteiger partial charge in [0.1, 0.15) is 5.75 Å². The number of carbonyl (C=O) groups excluding carboxylic acids is 1. The summed E-state index contributed by atoms with van der Waals surface area (Å²) in [5.41, 5.74) is 1.27. The molecule has 8 nitrogen and oxygen atoms in total. The minimum absolute atomic E-state index is 0.0841. The zero-order valence-electron chi connectivity index (χ0n) is 15.8. The van der Waals surface area contributed by atoms with Crippen LogP contribution in [0, 0.1) is 0 Å². The van der Waals surface area contributed by atoms with Gasteiger partial charge in [-0.25, -0.2) is 0 Å². The molecule has 2 aromatic heterocycles. The van der Waals surface area contributed by atoms with E-state index in [0.717, 1.165) is 5.69 Å². The molecule has 1 aromatic carbocycles. The van der Waals surface area contributed by atoms with Gasteiger partial charge in [-0.15, -0.1) is 0 Å². The summed E-state index contributed by atoms with van der Waals surface area (Å²) in [5, 5.41) is 0. The average molecular weight is 380 g/mol. The van der Waals surface area contributed by atoms with Crippen molar-refractivity contribution < 1.29 is 19.0 Å². The van der Waals surface area contributed by atoms with Gasteiger partial charge in [0.25, 0.3) is 5.91 Å². The molecule has 0 atom stereocenters. The van der Waals surface area contributed by atoms with Gasteiger partial charge in [-0.05, 0) is 43.3 Å². The highest BCUT2D eigenvalue weighted by molar-refractivity contribution is 6.06. The fraction of sp³-hybridized carbons (Fsp3) is 0.200. The topological polar surface area (TPSA) is 86.7 Å². The van der Waals surface area contributed by atoms with Crippen LogP contribution in [-0.4, -0.2) is 41.6 Å². The molecule has 0 unspecified atom stereocenters. The number of carbonyl (C=O) groups is 1. The Morgan fingerprint density at radius 1 is 1.04 bits per heavy atom. The predicted molar refractivity (Wildman–Crippen MR) is 103 cm³/mol. The van der Waals surface area contributed by atoms with Crippen molar-refractivity contribution >= 4 is 11.6 Å². The maximum atomic E-state index is 12.8. The number of hydrogen-bond donors (Lipinski definition) is 0. The Hall–Kier alpha value is -3.68. The van der Waals surface area contributed by atoms with Gasteiger partial charge in [-0.3, -0.25) is 9.78 Å². The van der Waals surface area contributed by atoms with Crippen molar-refractivity contribution in [3.8, 4) is 23.5 Å². The molecule has 2 heterocycles. The molecule has 0 bridgehead atoms. The SMILES string of the molecule is CCN(C(=O)c1ccc(Oc2nc(OC)cc(OC)n2)cc1)c1cccnc1. The van der Waals surface area contributed by atoms with Gasteiger partial charge in [0.2, 0.25) is 11.8 Å². The van der Waals surface area contributed by atoms with Crippen LogP contribution in [0.4, 0.5) is 5.69 Å². The minimum Gasteiger partial charge on any atom is -0.481 e. The molecule has 144 valence electrons. The van der Waals surface area contributed by atoms with Gasteiger partial charge in [-0.1, -0.05) is 0 Å². The van der Waals surface area contributed by atoms with Crippen molar-refractivity contribution in [3.05, 3.63) is 60.4 Å². The van der Waals surface area contributed by atoms with E-state index in [1.165, 1.54) is 14.2 Å². The Morgan fingerprint density at radius 2 is 1.71 bits per heavy atom. The number of anilines is 1. The summed E-state index contributed by atoms with van der Waals surface area (Å²) in [5.74, 6) is 1.00. The molecular formula is C20H20N4O4. The summed E-state index contributed by atoms with van der Waals surface area (Å²) in [6, 6.07) is 12.0. The maximum Gasteiger partial charge on any atom is 0.328 e. The van der Waals surface area contributed by atoms with Crippen LogP contribution in [-0.2, 0) is 0 Å². The zero-order valence-corrected chi connectivity index (χ0v) is 15.8. The van der Waals surface area contributed by atoms with E-state index in [1.54, 1.807) is 53.7 Å². The normalized spacial score (nSPS) is 10.2. The van der Waals surface area contributed by atoms with E-state index < -0.39 is 0 Å². The third kappa shape index (κ3) is 4.35. The lowest BCUT2D eigenvalue weighted by Gasteiger charge is -2.20. The van der Waals surface area contributed by atoms with Gasteiger partial charge in [-0.2, -0.15) is 9.97 Å². The summed E-state index contributed by atoms with van der Waals surface area (Å²) in [6.07, 6.45) is 3.33. The van der Waals surface area contributed by atoms with Crippen molar-refractivity contribution in [2.24, 2.45) is 0 Å². The van der Waals surface area contributed by atoms with Crippen LogP contribution in [0.3, 0.4) is 0 Å². The van der Waals surface area contributed by atoms with Crippen LogP contribution >= 0.6 is 0 Å². The standard InChI is InChI=1S/C20H20N4O4/c1-4-24(15-6-5-11-21-13-15)19(25)14-7-9-16(10-8-14)28-20-22-17(26-2)12-18(23-20)27-3/h5-13H,4H2,1-3H3. The van der Waals surface area contributed by atoms with Gasteiger partial charge in [0, 0.05) is 18.3 Å². The Balaban J connectivity index is 1.77. The summed E-state index contributed by atoms with van der Waals surface area (Å²) < 4.78 is 15.9. The highest BCUT2D eigenvalue weighted by Crippen LogP contribution is 2.24. The third-order valence-corrected chi connectivity index (χ3v) is 3.91. The molecule has 3 aromatic rings. The number of benzene rings is 1. The number of pyridine rings is 1. The summed E-state index contributed by atoms with van der Waals surface area (Å²) in [7, 11) is 2.99. The summed E-state index contributed by atoms with van der Waals surface area (Å²) in [4.78, 5) is 26.8. The Bertz CT molecular complexity index is 910. The zero-order chi connectivity index (χ0) is 19.9. The second kappa shape index (κ2) is 8.81. The van der Waals surface area contributed by atoms with Gasteiger partial charge in [0.05, 0.1) is 32.2 Å². The number of amides is 1. The second-order valence-electron chi connectivity index (χ2n) is 5.62. The number of hydrogen-bond acceptors (Lipinski definition) is 7. The Morgan fingerprint density at radius 3 is 2.25 bits per heavy atom. The first-order valence-electron chi connectivity index (χ1n) is 8.61. The highest BCUT2D eigenvalue weighted by Gasteiger charge is 2.16. The van der Waals surface area contributed by atoms with Crippen LogP contribution in [0.1, 0.15) is 17.3 Å². The van der Waals surface area contributed by atoms with E-state index in [-0.39, 0.29) is 11.9 Å². The number of rotatable bonds is 7. The average Bonchev–Trinajstić information content (AvgIpc) is 2.75.